The van der Waals surface area contributed by atoms with Crippen LogP contribution in [0.25, 0.3) is 0 Å². The number of unbranched alkanes of at least 4 members (excludes halogenated alkanes) is 2. The Bertz CT molecular complexity index is 826. The van der Waals surface area contributed by atoms with E-state index in [2.05, 4.69) is 24.8 Å². The van der Waals surface area contributed by atoms with Gasteiger partial charge < -0.3 is 0 Å². The molecule has 2 fully saturated rings. The highest BCUT2D eigenvalue weighted by Crippen LogP contribution is 2.38. The first kappa shape index (κ1) is 26.8. The van der Waals surface area contributed by atoms with Crippen molar-refractivity contribution in [2.24, 2.45) is 23.7 Å². The molecule has 0 atom stereocenters. The maximum Gasteiger partial charge on any atom is 0.419 e. The summed E-state index contributed by atoms with van der Waals surface area (Å²) in [4.78, 5) is 0. The van der Waals surface area contributed by atoms with E-state index in [0.717, 1.165) is 29.9 Å². The number of hydrogen-bond donors (Lipinski definition) is 0. The lowest BCUT2D eigenvalue weighted by Crippen LogP contribution is -2.17. The van der Waals surface area contributed by atoms with E-state index in [0.29, 0.717) is 5.92 Å². The zero-order valence-electron chi connectivity index (χ0n) is 20.6. The van der Waals surface area contributed by atoms with Crippen molar-refractivity contribution in [3.8, 4) is 11.8 Å². The highest BCUT2D eigenvalue weighted by molar-refractivity contribution is 5.39. The normalized spacial score (nSPS) is 25.8. The Morgan fingerprint density at radius 1 is 0.853 bits per heavy atom. The third-order valence-electron chi connectivity index (χ3n) is 8.00. The van der Waals surface area contributed by atoms with Crippen LogP contribution >= 0.6 is 0 Å². The Morgan fingerprint density at radius 3 is 2.00 bits per heavy atom. The van der Waals surface area contributed by atoms with Gasteiger partial charge in [0.25, 0.3) is 0 Å². The largest absolute Gasteiger partial charge is 0.419 e. The number of rotatable bonds is 8. The summed E-state index contributed by atoms with van der Waals surface area (Å²) in [6.07, 6.45) is 18.3. The molecule has 2 aliphatic carbocycles. The summed E-state index contributed by atoms with van der Waals surface area (Å²) in [5.41, 5.74) is -0.991. The number of hydrogen-bond acceptors (Lipinski definition) is 0. The summed E-state index contributed by atoms with van der Waals surface area (Å²) in [7, 11) is 0. The van der Waals surface area contributed by atoms with Crippen LogP contribution in [0.4, 0.5) is 17.6 Å². The van der Waals surface area contributed by atoms with Crippen LogP contribution in [0.15, 0.2) is 30.4 Å². The first-order valence-electron chi connectivity index (χ1n) is 13.4. The monoisotopic (exact) mass is 476 g/mol. The van der Waals surface area contributed by atoms with Crippen molar-refractivity contribution in [1.29, 1.82) is 0 Å². The molecule has 0 aliphatic heterocycles. The standard InChI is InChI=1S/C30H40F4/c1-2-3-4-7-23-10-14-25(15-11-23)18-19-26-16-12-24(13-17-26)8-5-6-9-27-20-21-28(29(31)22-27)30(32,33)34/h5,8,20-26H,2-4,7,10-19H2,1H3/b8-5+. The fourth-order valence-corrected chi connectivity index (χ4v) is 5.76. The molecule has 3 rings (SSSR count). The quantitative estimate of drug-likeness (QED) is 0.199. The molecule has 0 amide bonds. The lowest BCUT2D eigenvalue weighted by molar-refractivity contribution is -0.140. The second-order valence-electron chi connectivity index (χ2n) is 10.6. The van der Waals surface area contributed by atoms with Gasteiger partial charge in [0.2, 0.25) is 0 Å². The van der Waals surface area contributed by atoms with Crippen molar-refractivity contribution in [3.63, 3.8) is 0 Å². The van der Waals surface area contributed by atoms with E-state index in [1.165, 1.54) is 96.0 Å². The lowest BCUT2D eigenvalue weighted by Gasteiger charge is -2.31. The molecule has 0 bridgehead atoms. The minimum atomic E-state index is -4.68. The average molecular weight is 477 g/mol. The zero-order chi connectivity index (χ0) is 24.4. The summed E-state index contributed by atoms with van der Waals surface area (Å²) < 4.78 is 51.5. The molecule has 188 valence electrons. The van der Waals surface area contributed by atoms with Gasteiger partial charge in [0.1, 0.15) is 5.82 Å². The lowest BCUT2D eigenvalue weighted by atomic mass is 9.75. The van der Waals surface area contributed by atoms with E-state index in [1.54, 1.807) is 6.08 Å². The molecule has 0 N–H and O–H groups in total. The minimum Gasteiger partial charge on any atom is -0.206 e. The van der Waals surface area contributed by atoms with Crippen LogP contribution < -0.4 is 0 Å². The van der Waals surface area contributed by atoms with Gasteiger partial charge in [0.05, 0.1) is 5.56 Å². The fraction of sp³-hybridized carbons (Fsp3) is 0.667. The molecule has 0 aromatic heterocycles. The van der Waals surface area contributed by atoms with Gasteiger partial charge in [0.15, 0.2) is 0 Å². The number of alkyl halides is 3. The summed E-state index contributed by atoms with van der Waals surface area (Å²) >= 11 is 0. The van der Waals surface area contributed by atoms with Crippen LogP contribution in [-0.4, -0.2) is 0 Å². The molecule has 0 saturated heterocycles. The second-order valence-corrected chi connectivity index (χ2v) is 10.6. The third-order valence-corrected chi connectivity index (χ3v) is 8.00. The Hall–Kier alpha value is -1.76. The van der Waals surface area contributed by atoms with E-state index in [4.69, 9.17) is 0 Å². The summed E-state index contributed by atoms with van der Waals surface area (Å²) in [6.45, 7) is 2.28. The van der Waals surface area contributed by atoms with Gasteiger partial charge in [-0.1, -0.05) is 89.0 Å². The van der Waals surface area contributed by atoms with Gasteiger partial charge in [-0.3, -0.25) is 0 Å². The van der Waals surface area contributed by atoms with Crippen LogP contribution in [-0.2, 0) is 6.18 Å². The van der Waals surface area contributed by atoms with E-state index in [1.807, 2.05) is 0 Å². The second kappa shape index (κ2) is 13.4. The molecule has 0 heterocycles. The molecular formula is C30H40F4. The average Bonchev–Trinajstić information content (AvgIpc) is 2.81. The van der Waals surface area contributed by atoms with E-state index in [-0.39, 0.29) is 5.56 Å². The Balaban J connectivity index is 1.33. The first-order valence-corrected chi connectivity index (χ1v) is 13.4. The fourth-order valence-electron chi connectivity index (χ4n) is 5.76. The molecular weight excluding hydrogens is 436 g/mol. The van der Waals surface area contributed by atoms with Crippen LogP contribution in [0.3, 0.4) is 0 Å². The Kier molecular flexibility index (Phi) is 10.5. The van der Waals surface area contributed by atoms with Gasteiger partial charge in [-0.25, -0.2) is 4.39 Å². The van der Waals surface area contributed by atoms with Gasteiger partial charge in [-0.2, -0.15) is 13.2 Å². The summed E-state index contributed by atoms with van der Waals surface area (Å²) in [5.74, 6) is 7.64. The maximum absolute atomic E-state index is 13.6. The molecule has 0 radical (unpaired) electrons. The highest BCUT2D eigenvalue weighted by Gasteiger charge is 2.33. The molecule has 2 aliphatic rings. The maximum atomic E-state index is 13.6. The molecule has 4 heteroatoms. The molecule has 0 spiro atoms. The van der Waals surface area contributed by atoms with Crippen LogP contribution in [0.5, 0.6) is 0 Å². The topological polar surface area (TPSA) is 0 Å². The summed E-state index contributed by atoms with van der Waals surface area (Å²) in [6, 6.07) is 2.83. The third kappa shape index (κ3) is 8.79. The molecule has 0 nitrogen and oxygen atoms in total. The molecule has 34 heavy (non-hydrogen) atoms. The van der Waals surface area contributed by atoms with Crippen molar-refractivity contribution in [2.75, 3.05) is 0 Å². The van der Waals surface area contributed by atoms with Crippen LogP contribution in [0.1, 0.15) is 108 Å². The van der Waals surface area contributed by atoms with Crippen molar-refractivity contribution < 1.29 is 17.6 Å². The van der Waals surface area contributed by atoms with Crippen molar-refractivity contribution >= 4 is 0 Å². The van der Waals surface area contributed by atoms with Crippen molar-refractivity contribution in [1.82, 2.24) is 0 Å². The molecule has 2 saturated carbocycles. The van der Waals surface area contributed by atoms with Gasteiger partial charge in [-0.05, 0) is 73.6 Å². The van der Waals surface area contributed by atoms with E-state index >= 15 is 0 Å². The number of benzene rings is 1. The minimum absolute atomic E-state index is 0.258. The smallest absolute Gasteiger partial charge is 0.206 e. The van der Waals surface area contributed by atoms with E-state index < -0.39 is 17.6 Å². The highest BCUT2D eigenvalue weighted by atomic mass is 19.4. The van der Waals surface area contributed by atoms with Gasteiger partial charge in [0, 0.05) is 5.56 Å². The molecule has 0 unspecified atom stereocenters. The Labute approximate surface area is 203 Å². The van der Waals surface area contributed by atoms with Gasteiger partial charge in [-0.15, -0.1) is 0 Å². The Morgan fingerprint density at radius 2 is 1.44 bits per heavy atom. The predicted octanol–water partition coefficient (Wildman–Crippen LogP) is 9.73. The summed E-state index contributed by atoms with van der Waals surface area (Å²) in [5, 5.41) is 0. The van der Waals surface area contributed by atoms with E-state index in [9.17, 15) is 17.6 Å². The number of halogens is 4. The van der Waals surface area contributed by atoms with Crippen molar-refractivity contribution in [2.45, 2.75) is 103 Å². The first-order chi connectivity index (χ1) is 16.3. The zero-order valence-corrected chi connectivity index (χ0v) is 20.6. The SMILES string of the molecule is CCCCCC1CCC(CCC2CCC(/C=C/C#Cc3ccc(C(F)(F)F)c(F)c3)CC2)CC1. The van der Waals surface area contributed by atoms with Crippen LogP contribution in [0, 0.1) is 41.3 Å². The molecule has 1 aromatic rings. The molecule has 1 aromatic carbocycles. The number of allylic oxidation sites excluding steroid dienone is 2. The van der Waals surface area contributed by atoms with Crippen LogP contribution in [0.2, 0.25) is 0 Å². The van der Waals surface area contributed by atoms with Gasteiger partial charge >= 0.3 is 6.18 Å². The predicted molar refractivity (Wildman–Crippen MR) is 132 cm³/mol. The van der Waals surface area contributed by atoms with Crippen molar-refractivity contribution in [3.05, 3.63) is 47.3 Å².